The Balaban J connectivity index is 1.99. The molecule has 0 bridgehead atoms. The van der Waals surface area contributed by atoms with Crippen LogP contribution < -0.4 is 10.1 Å². The molecule has 3 heteroatoms. The highest BCUT2D eigenvalue weighted by Crippen LogP contribution is 2.19. The number of hydrogen-bond acceptors (Lipinski definition) is 3. The Morgan fingerprint density at radius 3 is 2.68 bits per heavy atom. The van der Waals surface area contributed by atoms with Crippen molar-refractivity contribution in [1.29, 1.82) is 0 Å². The normalized spacial score (nSPS) is 12.1. The molecule has 0 aliphatic heterocycles. The van der Waals surface area contributed by atoms with Crippen LogP contribution in [0.2, 0.25) is 0 Å². The lowest BCUT2D eigenvalue weighted by molar-refractivity contribution is 0.237. The first-order chi connectivity index (χ1) is 10.7. The third kappa shape index (κ3) is 4.86. The van der Waals surface area contributed by atoms with Crippen LogP contribution in [-0.2, 0) is 13.2 Å². The molecular weight excluding hydrogens is 274 g/mol. The summed E-state index contributed by atoms with van der Waals surface area (Å²) in [6.07, 6.45) is 0.906. The van der Waals surface area contributed by atoms with Crippen LogP contribution in [-0.4, -0.2) is 17.8 Å². The first-order valence-corrected chi connectivity index (χ1v) is 7.83. The van der Waals surface area contributed by atoms with E-state index in [0.29, 0.717) is 13.2 Å². The highest BCUT2D eigenvalue weighted by Gasteiger charge is 2.07. The van der Waals surface area contributed by atoms with E-state index in [1.807, 2.05) is 18.2 Å². The summed E-state index contributed by atoms with van der Waals surface area (Å²) in [6.45, 7) is 5.57. The Morgan fingerprint density at radius 1 is 1.14 bits per heavy atom. The smallest absolute Gasteiger partial charge is 0.124 e. The molecule has 2 aromatic carbocycles. The minimum absolute atomic E-state index is 0.129. The van der Waals surface area contributed by atoms with Crippen molar-refractivity contribution in [3.05, 3.63) is 65.2 Å². The molecule has 0 heterocycles. The van der Waals surface area contributed by atoms with Gasteiger partial charge in [-0.25, -0.2) is 0 Å². The van der Waals surface area contributed by atoms with E-state index in [4.69, 9.17) is 4.74 Å². The SMILES string of the molecule is CC[C@@H](CO)NCc1ccccc1OCc1cccc(C)c1. The van der Waals surface area contributed by atoms with Crippen molar-refractivity contribution >= 4 is 0 Å². The number of rotatable bonds is 8. The molecule has 1 atom stereocenters. The predicted molar refractivity (Wildman–Crippen MR) is 90.0 cm³/mol. The first kappa shape index (κ1) is 16.5. The maximum absolute atomic E-state index is 9.26. The fourth-order valence-corrected chi connectivity index (χ4v) is 2.35. The van der Waals surface area contributed by atoms with Gasteiger partial charge in [0.1, 0.15) is 12.4 Å². The number of benzene rings is 2. The quantitative estimate of drug-likeness (QED) is 0.784. The second-order valence-corrected chi connectivity index (χ2v) is 5.55. The van der Waals surface area contributed by atoms with Crippen molar-refractivity contribution in [2.75, 3.05) is 6.61 Å². The Labute approximate surface area is 133 Å². The topological polar surface area (TPSA) is 41.5 Å². The van der Waals surface area contributed by atoms with E-state index in [0.717, 1.165) is 17.7 Å². The summed E-state index contributed by atoms with van der Waals surface area (Å²) >= 11 is 0. The summed E-state index contributed by atoms with van der Waals surface area (Å²) in [7, 11) is 0. The number of ether oxygens (including phenoxy) is 1. The van der Waals surface area contributed by atoms with Gasteiger partial charge in [-0.1, -0.05) is 55.0 Å². The molecular formula is C19H25NO2. The van der Waals surface area contributed by atoms with Gasteiger partial charge in [-0.3, -0.25) is 0 Å². The summed E-state index contributed by atoms with van der Waals surface area (Å²) in [5, 5.41) is 12.6. The van der Waals surface area contributed by atoms with E-state index in [1.165, 1.54) is 11.1 Å². The molecule has 118 valence electrons. The summed E-state index contributed by atoms with van der Waals surface area (Å²) in [5.41, 5.74) is 3.52. The summed E-state index contributed by atoms with van der Waals surface area (Å²) in [6, 6.07) is 16.5. The molecule has 0 fully saturated rings. The molecule has 3 nitrogen and oxygen atoms in total. The van der Waals surface area contributed by atoms with Crippen LogP contribution in [0.4, 0.5) is 0 Å². The van der Waals surface area contributed by atoms with Crippen molar-refractivity contribution in [2.24, 2.45) is 0 Å². The Kier molecular flexibility index (Phi) is 6.44. The van der Waals surface area contributed by atoms with E-state index in [-0.39, 0.29) is 12.6 Å². The van der Waals surface area contributed by atoms with Gasteiger partial charge in [0.2, 0.25) is 0 Å². The molecule has 0 aliphatic rings. The summed E-state index contributed by atoms with van der Waals surface area (Å²) < 4.78 is 5.98. The Bertz CT molecular complexity index is 579. The van der Waals surface area contributed by atoms with Gasteiger partial charge < -0.3 is 15.2 Å². The van der Waals surface area contributed by atoms with Crippen LogP contribution in [0.15, 0.2) is 48.5 Å². The van der Waals surface area contributed by atoms with E-state index >= 15 is 0 Å². The second-order valence-electron chi connectivity index (χ2n) is 5.55. The molecule has 2 rings (SSSR count). The molecule has 2 N–H and O–H groups in total. The monoisotopic (exact) mass is 299 g/mol. The third-order valence-electron chi connectivity index (χ3n) is 3.74. The fraction of sp³-hybridized carbons (Fsp3) is 0.368. The molecule has 0 saturated carbocycles. The van der Waals surface area contributed by atoms with Crippen molar-refractivity contribution < 1.29 is 9.84 Å². The van der Waals surface area contributed by atoms with Gasteiger partial charge in [-0.05, 0) is 25.0 Å². The molecule has 22 heavy (non-hydrogen) atoms. The van der Waals surface area contributed by atoms with Crippen molar-refractivity contribution in [2.45, 2.75) is 39.5 Å². The lowest BCUT2D eigenvalue weighted by Gasteiger charge is -2.16. The predicted octanol–water partition coefficient (Wildman–Crippen LogP) is 3.43. The van der Waals surface area contributed by atoms with E-state index in [1.54, 1.807) is 0 Å². The number of hydrogen-bond donors (Lipinski definition) is 2. The zero-order valence-electron chi connectivity index (χ0n) is 13.4. The second kappa shape index (κ2) is 8.57. The van der Waals surface area contributed by atoms with Crippen molar-refractivity contribution in [3.63, 3.8) is 0 Å². The van der Waals surface area contributed by atoms with Gasteiger partial charge in [0.15, 0.2) is 0 Å². The molecule has 0 spiro atoms. The number of nitrogens with one attached hydrogen (secondary N) is 1. The standard InChI is InChI=1S/C19H25NO2/c1-3-18(13-21)20-12-17-9-4-5-10-19(17)22-14-16-8-6-7-15(2)11-16/h4-11,18,20-21H,3,12-14H2,1-2H3/t18-/m0/s1. The van der Waals surface area contributed by atoms with Gasteiger partial charge in [0.25, 0.3) is 0 Å². The number of aliphatic hydroxyl groups is 1. The Morgan fingerprint density at radius 2 is 1.95 bits per heavy atom. The highest BCUT2D eigenvalue weighted by atomic mass is 16.5. The van der Waals surface area contributed by atoms with Crippen molar-refractivity contribution in [1.82, 2.24) is 5.32 Å². The maximum Gasteiger partial charge on any atom is 0.124 e. The van der Waals surface area contributed by atoms with E-state index in [2.05, 4.69) is 49.5 Å². The number of aryl methyl sites for hydroxylation is 1. The lowest BCUT2D eigenvalue weighted by Crippen LogP contribution is -2.31. The van der Waals surface area contributed by atoms with Crippen LogP contribution in [0.25, 0.3) is 0 Å². The molecule has 0 saturated heterocycles. The number of para-hydroxylation sites is 1. The lowest BCUT2D eigenvalue weighted by atomic mass is 10.1. The zero-order valence-corrected chi connectivity index (χ0v) is 13.4. The average molecular weight is 299 g/mol. The van der Waals surface area contributed by atoms with Crippen LogP contribution >= 0.6 is 0 Å². The van der Waals surface area contributed by atoms with E-state index in [9.17, 15) is 5.11 Å². The summed E-state index contributed by atoms with van der Waals surface area (Å²) in [4.78, 5) is 0. The van der Waals surface area contributed by atoms with Crippen LogP contribution in [0, 0.1) is 6.92 Å². The molecule has 0 radical (unpaired) electrons. The van der Waals surface area contributed by atoms with Crippen LogP contribution in [0.5, 0.6) is 5.75 Å². The van der Waals surface area contributed by atoms with Gasteiger partial charge in [0.05, 0.1) is 6.61 Å². The van der Waals surface area contributed by atoms with Crippen LogP contribution in [0.3, 0.4) is 0 Å². The third-order valence-corrected chi connectivity index (χ3v) is 3.74. The highest BCUT2D eigenvalue weighted by molar-refractivity contribution is 5.33. The maximum atomic E-state index is 9.26. The molecule has 0 aromatic heterocycles. The minimum Gasteiger partial charge on any atom is -0.489 e. The zero-order chi connectivity index (χ0) is 15.8. The largest absolute Gasteiger partial charge is 0.489 e. The molecule has 0 unspecified atom stereocenters. The van der Waals surface area contributed by atoms with Gasteiger partial charge in [0, 0.05) is 18.2 Å². The van der Waals surface area contributed by atoms with Gasteiger partial charge >= 0.3 is 0 Å². The van der Waals surface area contributed by atoms with Crippen molar-refractivity contribution in [3.8, 4) is 5.75 Å². The average Bonchev–Trinajstić information content (AvgIpc) is 2.55. The van der Waals surface area contributed by atoms with E-state index < -0.39 is 0 Å². The molecule has 0 aliphatic carbocycles. The fourth-order valence-electron chi connectivity index (χ4n) is 2.35. The molecule has 2 aromatic rings. The number of aliphatic hydroxyl groups excluding tert-OH is 1. The minimum atomic E-state index is 0.129. The molecule has 0 amide bonds. The Hall–Kier alpha value is -1.84. The van der Waals surface area contributed by atoms with Gasteiger partial charge in [-0.2, -0.15) is 0 Å². The summed E-state index contributed by atoms with van der Waals surface area (Å²) in [5.74, 6) is 0.893. The van der Waals surface area contributed by atoms with Gasteiger partial charge in [-0.15, -0.1) is 0 Å². The first-order valence-electron chi connectivity index (χ1n) is 7.83. The van der Waals surface area contributed by atoms with Crippen LogP contribution in [0.1, 0.15) is 30.0 Å².